The number of aromatic nitrogens is 2. The Morgan fingerprint density at radius 2 is 1.82 bits per heavy atom. The third-order valence-electron chi connectivity index (χ3n) is 5.44. The SMILES string of the molecule is CC(C)(C)OC(=O)N1CCc2cc3c(cc2CC1)N(Cn1cccn1)CCC3. The predicted molar refractivity (Wildman–Crippen MR) is 110 cm³/mol. The van der Waals surface area contributed by atoms with Gasteiger partial charge in [-0.15, -0.1) is 0 Å². The van der Waals surface area contributed by atoms with E-state index in [1.807, 2.05) is 48.8 Å². The lowest BCUT2D eigenvalue weighted by Gasteiger charge is -2.32. The van der Waals surface area contributed by atoms with Gasteiger partial charge in [0.15, 0.2) is 0 Å². The van der Waals surface area contributed by atoms with Crippen molar-refractivity contribution in [2.24, 2.45) is 0 Å². The van der Waals surface area contributed by atoms with Crippen LogP contribution in [0.15, 0.2) is 30.6 Å². The van der Waals surface area contributed by atoms with Crippen LogP contribution in [0.5, 0.6) is 0 Å². The first-order valence-electron chi connectivity index (χ1n) is 10.2. The summed E-state index contributed by atoms with van der Waals surface area (Å²) in [6.07, 6.45) is 7.68. The molecule has 0 saturated carbocycles. The van der Waals surface area contributed by atoms with Crippen LogP contribution in [0, 0.1) is 0 Å². The van der Waals surface area contributed by atoms with Crippen molar-refractivity contribution in [1.82, 2.24) is 14.7 Å². The molecule has 0 bridgehead atoms. The Morgan fingerprint density at radius 1 is 1.07 bits per heavy atom. The van der Waals surface area contributed by atoms with Crippen molar-refractivity contribution in [2.45, 2.75) is 58.7 Å². The Bertz CT molecular complexity index is 839. The van der Waals surface area contributed by atoms with Gasteiger partial charge in [-0.05, 0) is 75.3 Å². The highest BCUT2D eigenvalue weighted by Gasteiger charge is 2.26. The normalized spacial score (nSPS) is 17.0. The summed E-state index contributed by atoms with van der Waals surface area (Å²) < 4.78 is 7.55. The first kappa shape index (κ1) is 18.8. The van der Waals surface area contributed by atoms with Gasteiger partial charge in [-0.3, -0.25) is 4.68 Å². The van der Waals surface area contributed by atoms with E-state index in [2.05, 4.69) is 22.1 Å². The molecule has 2 aliphatic heterocycles. The fourth-order valence-corrected chi connectivity index (χ4v) is 4.11. The monoisotopic (exact) mass is 382 g/mol. The molecule has 0 aliphatic carbocycles. The molecule has 1 amide bonds. The number of aryl methyl sites for hydroxylation is 1. The number of rotatable bonds is 2. The predicted octanol–water partition coefficient (Wildman–Crippen LogP) is 3.63. The van der Waals surface area contributed by atoms with Crippen LogP contribution in [-0.2, 0) is 30.7 Å². The molecule has 4 rings (SSSR count). The first-order chi connectivity index (χ1) is 13.4. The topological polar surface area (TPSA) is 50.6 Å². The summed E-state index contributed by atoms with van der Waals surface area (Å²) in [6, 6.07) is 6.69. The number of ether oxygens (including phenoxy) is 1. The molecule has 1 aromatic carbocycles. The van der Waals surface area contributed by atoms with E-state index in [0.717, 1.165) is 45.4 Å². The molecule has 0 saturated heterocycles. The van der Waals surface area contributed by atoms with Crippen molar-refractivity contribution in [3.63, 3.8) is 0 Å². The zero-order valence-corrected chi connectivity index (χ0v) is 17.1. The molecule has 2 aliphatic rings. The van der Waals surface area contributed by atoms with E-state index in [9.17, 15) is 4.79 Å². The maximum absolute atomic E-state index is 12.5. The van der Waals surface area contributed by atoms with Crippen LogP contribution >= 0.6 is 0 Å². The van der Waals surface area contributed by atoms with Crippen LogP contribution in [0.3, 0.4) is 0 Å². The number of carbonyl (C=O) groups excluding carboxylic acids is 1. The summed E-state index contributed by atoms with van der Waals surface area (Å²) in [5.41, 5.74) is 5.03. The van der Waals surface area contributed by atoms with Crippen molar-refractivity contribution in [2.75, 3.05) is 24.5 Å². The van der Waals surface area contributed by atoms with Gasteiger partial charge in [-0.25, -0.2) is 4.79 Å². The molecule has 6 nitrogen and oxygen atoms in total. The average Bonchev–Trinajstić information content (AvgIpc) is 3.04. The van der Waals surface area contributed by atoms with E-state index in [1.54, 1.807) is 0 Å². The van der Waals surface area contributed by atoms with Crippen LogP contribution in [0.4, 0.5) is 10.5 Å². The second-order valence-corrected chi connectivity index (χ2v) is 8.77. The molecule has 0 spiro atoms. The summed E-state index contributed by atoms with van der Waals surface area (Å²) >= 11 is 0. The molecule has 0 unspecified atom stereocenters. The maximum atomic E-state index is 12.5. The molecule has 6 heteroatoms. The number of anilines is 1. The van der Waals surface area contributed by atoms with Gasteiger partial charge >= 0.3 is 6.09 Å². The van der Waals surface area contributed by atoms with Crippen LogP contribution in [0.1, 0.15) is 43.9 Å². The summed E-state index contributed by atoms with van der Waals surface area (Å²) in [6.45, 7) is 9.01. The van der Waals surface area contributed by atoms with Crippen molar-refractivity contribution in [1.29, 1.82) is 0 Å². The Labute approximate surface area is 167 Å². The second-order valence-electron chi connectivity index (χ2n) is 8.77. The molecule has 28 heavy (non-hydrogen) atoms. The third kappa shape index (κ3) is 4.16. The zero-order valence-electron chi connectivity index (χ0n) is 17.1. The summed E-state index contributed by atoms with van der Waals surface area (Å²) in [5.74, 6) is 0. The highest BCUT2D eigenvalue weighted by molar-refractivity contribution is 5.68. The average molecular weight is 383 g/mol. The molecule has 0 N–H and O–H groups in total. The Morgan fingerprint density at radius 3 is 2.50 bits per heavy atom. The Hall–Kier alpha value is -2.50. The lowest BCUT2D eigenvalue weighted by Crippen LogP contribution is -2.38. The van der Waals surface area contributed by atoms with E-state index in [4.69, 9.17) is 4.74 Å². The lowest BCUT2D eigenvalue weighted by molar-refractivity contribution is 0.0258. The van der Waals surface area contributed by atoms with E-state index >= 15 is 0 Å². The van der Waals surface area contributed by atoms with Gasteiger partial charge in [0.2, 0.25) is 0 Å². The van der Waals surface area contributed by atoms with E-state index in [-0.39, 0.29) is 6.09 Å². The van der Waals surface area contributed by atoms with Crippen molar-refractivity contribution >= 4 is 11.8 Å². The molecule has 0 radical (unpaired) electrons. The number of hydrogen-bond acceptors (Lipinski definition) is 4. The van der Waals surface area contributed by atoms with Crippen molar-refractivity contribution < 1.29 is 9.53 Å². The van der Waals surface area contributed by atoms with Gasteiger partial charge in [-0.2, -0.15) is 5.10 Å². The number of hydrogen-bond donors (Lipinski definition) is 0. The smallest absolute Gasteiger partial charge is 0.410 e. The molecular weight excluding hydrogens is 352 g/mol. The van der Waals surface area contributed by atoms with Gasteiger partial charge in [0.05, 0.1) is 0 Å². The van der Waals surface area contributed by atoms with Crippen LogP contribution < -0.4 is 4.90 Å². The number of fused-ring (bicyclic) bond motifs is 2. The van der Waals surface area contributed by atoms with Gasteiger partial charge in [0.1, 0.15) is 12.3 Å². The van der Waals surface area contributed by atoms with Crippen molar-refractivity contribution in [3.8, 4) is 0 Å². The zero-order chi connectivity index (χ0) is 19.7. The molecule has 2 aromatic rings. The minimum Gasteiger partial charge on any atom is -0.444 e. The van der Waals surface area contributed by atoms with Crippen molar-refractivity contribution in [3.05, 3.63) is 47.3 Å². The number of nitrogens with zero attached hydrogens (tertiary/aromatic N) is 4. The minimum absolute atomic E-state index is 0.203. The quantitative estimate of drug-likeness (QED) is 0.796. The van der Waals surface area contributed by atoms with Gasteiger partial charge in [-0.1, -0.05) is 6.07 Å². The highest BCUT2D eigenvalue weighted by atomic mass is 16.6. The molecular formula is C22H30N4O2. The van der Waals surface area contributed by atoms with Gasteiger partial charge < -0.3 is 14.5 Å². The lowest BCUT2D eigenvalue weighted by atomic mass is 9.93. The van der Waals surface area contributed by atoms with Crippen LogP contribution in [0.25, 0.3) is 0 Å². The Balaban J connectivity index is 1.52. The highest BCUT2D eigenvalue weighted by Crippen LogP contribution is 2.32. The summed E-state index contributed by atoms with van der Waals surface area (Å²) in [5, 5.41) is 4.36. The minimum atomic E-state index is -0.456. The number of amides is 1. The van der Waals surface area contributed by atoms with E-state index in [0.29, 0.717) is 6.54 Å². The molecule has 0 atom stereocenters. The van der Waals surface area contributed by atoms with Gasteiger partial charge in [0, 0.05) is 37.7 Å². The maximum Gasteiger partial charge on any atom is 0.410 e. The standard InChI is InChI=1S/C22H30N4O2/c1-22(2,3)28-21(27)24-12-7-17-14-19-6-4-10-25(16-26-11-5-9-23-26)20(19)15-18(17)8-13-24/h5,9,11,14-15H,4,6-8,10,12-13,16H2,1-3H3. The van der Waals surface area contributed by atoms with Gasteiger partial charge in [0.25, 0.3) is 0 Å². The molecule has 3 heterocycles. The fourth-order valence-electron chi connectivity index (χ4n) is 4.11. The summed E-state index contributed by atoms with van der Waals surface area (Å²) in [7, 11) is 0. The summed E-state index contributed by atoms with van der Waals surface area (Å²) in [4.78, 5) is 16.8. The fraction of sp³-hybridized carbons (Fsp3) is 0.545. The van der Waals surface area contributed by atoms with E-state index < -0.39 is 5.60 Å². The second kappa shape index (κ2) is 7.49. The first-order valence-corrected chi connectivity index (χ1v) is 10.2. The number of carbonyl (C=O) groups is 1. The largest absolute Gasteiger partial charge is 0.444 e. The molecule has 150 valence electrons. The van der Waals surface area contributed by atoms with Crippen LogP contribution in [0.2, 0.25) is 0 Å². The number of benzene rings is 1. The molecule has 1 aromatic heterocycles. The Kier molecular flexibility index (Phi) is 5.04. The van der Waals surface area contributed by atoms with E-state index in [1.165, 1.54) is 22.4 Å². The third-order valence-corrected chi connectivity index (χ3v) is 5.44. The van der Waals surface area contributed by atoms with Crippen LogP contribution in [-0.4, -0.2) is 46.0 Å². The molecule has 0 fully saturated rings.